The highest BCUT2D eigenvalue weighted by molar-refractivity contribution is 6.01. The predicted octanol–water partition coefficient (Wildman–Crippen LogP) is 2.15. The molecule has 0 saturated heterocycles. The molecule has 0 saturated carbocycles. The first-order valence-corrected chi connectivity index (χ1v) is 8.63. The van der Waals surface area contributed by atoms with Gasteiger partial charge in [0.1, 0.15) is 0 Å². The number of ether oxygens (including phenoxy) is 2. The van der Waals surface area contributed by atoms with Gasteiger partial charge in [-0.3, -0.25) is 9.59 Å². The van der Waals surface area contributed by atoms with E-state index in [1.54, 1.807) is 24.2 Å². The average Bonchev–Trinajstić information content (AvgIpc) is 3.12. The van der Waals surface area contributed by atoms with E-state index in [4.69, 9.17) is 9.47 Å². The SMILES string of the molecule is COC(=O)C1=CN(C)CC(C(=O)OC)C1CC(=O)c1cc2ccccc2[nH]1. The molecule has 0 bridgehead atoms. The summed E-state index contributed by atoms with van der Waals surface area (Å²) in [6.07, 6.45) is 1.63. The molecule has 2 atom stereocenters. The fourth-order valence-corrected chi connectivity index (χ4v) is 3.54. The number of hydrogen-bond donors (Lipinski definition) is 1. The normalized spacial score (nSPS) is 19.5. The van der Waals surface area contributed by atoms with Crippen LogP contribution in [-0.2, 0) is 19.1 Å². The lowest BCUT2D eigenvalue weighted by Crippen LogP contribution is -2.41. The Bertz CT molecular complexity index is 881. The summed E-state index contributed by atoms with van der Waals surface area (Å²) in [5.41, 5.74) is 1.60. The average molecular weight is 370 g/mol. The van der Waals surface area contributed by atoms with Crippen LogP contribution >= 0.6 is 0 Å². The number of aromatic amines is 1. The first-order chi connectivity index (χ1) is 12.9. The van der Waals surface area contributed by atoms with Crippen molar-refractivity contribution in [3.63, 3.8) is 0 Å². The van der Waals surface area contributed by atoms with Crippen molar-refractivity contribution in [3.8, 4) is 0 Å². The number of fused-ring (bicyclic) bond motifs is 1. The maximum absolute atomic E-state index is 12.9. The Morgan fingerprint density at radius 2 is 1.93 bits per heavy atom. The molecule has 27 heavy (non-hydrogen) atoms. The number of carbonyl (C=O) groups is 3. The summed E-state index contributed by atoms with van der Waals surface area (Å²) < 4.78 is 9.76. The highest BCUT2D eigenvalue weighted by atomic mass is 16.5. The maximum Gasteiger partial charge on any atom is 0.335 e. The molecule has 2 heterocycles. The fourth-order valence-electron chi connectivity index (χ4n) is 3.54. The quantitative estimate of drug-likeness (QED) is 0.641. The summed E-state index contributed by atoms with van der Waals surface area (Å²) in [7, 11) is 4.34. The number of ketones is 1. The van der Waals surface area contributed by atoms with E-state index in [-0.39, 0.29) is 12.2 Å². The lowest BCUT2D eigenvalue weighted by Gasteiger charge is -2.34. The summed E-state index contributed by atoms with van der Waals surface area (Å²) in [6, 6.07) is 9.36. The first kappa shape index (κ1) is 18.7. The van der Waals surface area contributed by atoms with Gasteiger partial charge in [-0.1, -0.05) is 18.2 Å². The smallest absolute Gasteiger partial charge is 0.335 e. The molecule has 1 N–H and O–H groups in total. The summed E-state index contributed by atoms with van der Waals surface area (Å²) in [6.45, 7) is 0.359. The van der Waals surface area contributed by atoms with Gasteiger partial charge in [0, 0.05) is 43.0 Å². The number of H-pyrrole nitrogens is 1. The van der Waals surface area contributed by atoms with Gasteiger partial charge in [-0.05, 0) is 12.1 Å². The lowest BCUT2D eigenvalue weighted by molar-refractivity contribution is -0.148. The van der Waals surface area contributed by atoms with Crippen LogP contribution < -0.4 is 0 Å². The Labute approximate surface area is 156 Å². The van der Waals surface area contributed by atoms with E-state index in [0.29, 0.717) is 17.8 Å². The van der Waals surface area contributed by atoms with Crippen molar-refractivity contribution in [2.45, 2.75) is 6.42 Å². The number of para-hydroxylation sites is 1. The molecule has 0 fully saturated rings. The van der Waals surface area contributed by atoms with Crippen molar-refractivity contribution < 1.29 is 23.9 Å². The van der Waals surface area contributed by atoms with Crippen molar-refractivity contribution in [2.24, 2.45) is 11.8 Å². The van der Waals surface area contributed by atoms with E-state index in [1.165, 1.54) is 14.2 Å². The van der Waals surface area contributed by atoms with E-state index < -0.39 is 23.8 Å². The fraction of sp³-hybridized carbons (Fsp3) is 0.350. The number of esters is 2. The lowest BCUT2D eigenvalue weighted by atomic mass is 9.79. The second-order valence-electron chi connectivity index (χ2n) is 6.65. The third-order valence-electron chi connectivity index (χ3n) is 4.89. The number of rotatable bonds is 5. The number of carbonyl (C=O) groups excluding carboxylic acids is 3. The topological polar surface area (TPSA) is 88.7 Å². The van der Waals surface area contributed by atoms with Crippen LogP contribution in [0.1, 0.15) is 16.9 Å². The van der Waals surface area contributed by atoms with E-state index in [9.17, 15) is 14.4 Å². The molecule has 7 nitrogen and oxygen atoms in total. The Kier molecular flexibility index (Phi) is 5.30. The number of methoxy groups -OCH3 is 2. The number of benzene rings is 1. The molecule has 1 aromatic heterocycles. The minimum absolute atomic E-state index is 0.00135. The first-order valence-electron chi connectivity index (χ1n) is 8.63. The second-order valence-corrected chi connectivity index (χ2v) is 6.65. The molecule has 0 radical (unpaired) electrons. The molecule has 3 rings (SSSR count). The molecule has 0 spiro atoms. The van der Waals surface area contributed by atoms with E-state index >= 15 is 0 Å². The zero-order valence-corrected chi connectivity index (χ0v) is 15.5. The Morgan fingerprint density at radius 1 is 1.19 bits per heavy atom. The number of aromatic nitrogens is 1. The molecule has 142 valence electrons. The van der Waals surface area contributed by atoms with Gasteiger partial charge in [0.2, 0.25) is 0 Å². The van der Waals surface area contributed by atoms with Crippen LogP contribution in [0.25, 0.3) is 10.9 Å². The van der Waals surface area contributed by atoms with Gasteiger partial charge in [-0.2, -0.15) is 0 Å². The van der Waals surface area contributed by atoms with Crippen LogP contribution in [0.15, 0.2) is 42.1 Å². The molecular formula is C20H22N2O5. The predicted molar refractivity (Wildman–Crippen MR) is 99.0 cm³/mol. The minimum atomic E-state index is -0.632. The van der Waals surface area contributed by atoms with Gasteiger partial charge in [0.25, 0.3) is 0 Å². The summed E-state index contributed by atoms with van der Waals surface area (Å²) in [5.74, 6) is -2.42. The largest absolute Gasteiger partial charge is 0.469 e. The Morgan fingerprint density at radius 3 is 2.59 bits per heavy atom. The number of nitrogens with zero attached hydrogens (tertiary/aromatic N) is 1. The highest BCUT2D eigenvalue weighted by Crippen LogP contribution is 2.33. The van der Waals surface area contributed by atoms with Crippen molar-refractivity contribution in [2.75, 3.05) is 27.8 Å². The van der Waals surface area contributed by atoms with Crippen LogP contribution in [0.5, 0.6) is 0 Å². The molecule has 1 aliphatic rings. The third-order valence-corrected chi connectivity index (χ3v) is 4.89. The zero-order valence-electron chi connectivity index (χ0n) is 15.5. The monoisotopic (exact) mass is 370 g/mol. The van der Waals surface area contributed by atoms with Gasteiger partial charge in [-0.15, -0.1) is 0 Å². The van der Waals surface area contributed by atoms with Crippen LogP contribution in [0, 0.1) is 11.8 Å². The van der Waals surface area contributed by atoms with Gasteiger partial charge in [0.15, 0.2) is 5.78 Å². The van der Waals surface area contributed by atoms with Gasteiger partial charge >= 0.3 is 11.9 Å². The van der Waals surface area contributed by atoms with Crippen LogP contribution in [-0.4, -0.2) is 55.4 Å². The van der Waals surface area contributed by atoms with Gasteiger partial charge in [0.05, 0.1) is 31.4 Å². The van der Waals surface area contributed by atoms with Crippen LogP contribution in [0.4, 0.5) is 0 Å². The molecule has 0 aliphatic carbocycles. The highest BCUT2D eigenvalue weighted by Gasteiger charge is 2.40. The summed E-state index contributed by atoms with van der Waals surface area (Å²) in [4.78, 5) is 42.3. The van der Waals surface area contributed by atoms with E-state index in [0.717, 1.165) is 10.9 Å². The van der Waals surface area contributed by atoms with Crippen molar-refractivity contribution in [3.05, 3.63) is 47.8 Å². The maximum atomic E-state index is 12.9. The van der Waals surface area contributed by atoms with Crippen molar-refractivity contribution >= 4 is 28.6 Å². The zero-order chi connectivity index (χ0) is 19.6. The Hall–Kier alpha value is -3.09. The molecule has 2 aromatic rings. The van der Waals surface area contributed by atoms with Crippen LogP contribution in [0.3, 0.4) is 0 Å². The third kappa shape index (κ3) is 3.72. The summed E-state index contributed by atoms with van der Waals surface area (Å²) >= 11 is 0. The van der Waals surface area contributed by atoms with Gasteiger partial charge < -0.3 is 19.4 Å². The molecule has 0 amide bonds. The molecule has 7 heteroatoms. The molecule has 2 unspecified atom stereocenters. The van der Waals surface area contributed by atoms with E-state index in [1.807, 2.05) is 24.3 Å². The van der Waals surface area contributed by atoms with Crippen molar-refractivity contribution in [1.29, 1.82) is 0 Å². The molecule has 1 aromatic carbocycles. The van der Waals surface area contributed by atoms with E-state index in [2.05, 4.69) is 4.98 Å². The Balaban J connectivity index is 1.93. The molecular weight excluding hydrogens is 348 g/mol. The number of Topliss-reactive ketones (excluding diaryl/α,β-unsaturated/α-hetero) is 1. The number of nitrogens with one attached hydrogen (secondary N) is 1. The molecule has 1 aliphatic heterocycles. The minimum Gasteiger partial charge on any atom is -0.469 e. The van der Waals surface area contributed by atoms with Crippen LogP contribution in [0.2, 0.25) is 0 Å². The standard InChI is InChI=1S/C20H22N2O5/c1-22-10-14(19(24)26-2)13(15(11-22)20(25)27-3)9-18(23)17-8-12-6-4-5-7-16(12)21-17/h4-8,10,13,15,21H,9,11H2,1-3H3. The summed E-state index contributed by atoms with van der Waals surface area (Å²) in [5, 5.41) is 0.928. The van der Waals surface area contributed by atoms with Gasteiger partial charge in [-0.25, -0.2) is 4.79 Å². The van der Waals surface area contributed by atoms with Crippen molar-refractivity contribution in [1.82, 2.24) is 9.88 Å². The number of hydrogen-bond acceptors (Lipinski definition) is 6. The second kappa shape index (κ2) is 7.65.